The molecule has 2 nitrogen and oxygen atoms in total. The predicted octanol–water partition coefficient (Wildman–Crippen LogP) is 1.75. The van der Waals surface area contributed by atoms with Crippen LogP contribution in [0.1, 0.15) is 24.6 Å². The summed E-state index contributed by atoms with van der Waals surface area (Å²) in [6.45, 7) is 4.33. The summed E-state index contributed by atoms with van der Waals surface area (Å²) < 4.78 is 0. The van der Waals surface area contributed by atoms with Crippen LogP contribution in [0.3, 0.4) is 0 Å². The number of nitrogens with zero attached hydrogens (tertiary/aromatic N) is 1. The normalized spacial score (nSPS) is 22.1. The average molecular weight is 176 g/mol. The lowest BCUT2D eigenvalue weighted by atomic mass is 9.98. The number of rotatable bonds is 1. The Labute approximate surface area is 79.4 Å². The molecule has 1 aliphatic heterocycles. The van der Waals surface area contributed by atoms with E-state index in [9.17, 15) is 0 Å². The summed E-state index contributed by atoms with van der Waals surface area (Å²) in [4.78, 5) is 4.39. The maximum atomic E-state index is 4.39. The Morgan fingerprint density at radius 2 is 2.54 bits per heavy atom. The summed E-state index contributed by atoms with van der Waals surface area (Å²) in [5.41, 5.74) is 2.66. The van der Waals surface area contributed by atoms with Crippen LogP contribution in [0.5, 0.6) is 0 Å². The van der Waals surface area contributed by atoms with Gasteiger partial charge in [-0.05, 0) is 30.5 Å². The molecule has 13 heavy (non-hydrogen) atoms. The lowest BCUT2D eigenvalue weighted by Crippen LogP contribution is -2.19. The van der Waals surface area contributed by atoms with E-state index in [4.69, 9.17) is 0 Å². The Hall–Kier alpha value is -0.890. The van der Waals surface area contributed by atoms with E-state index in [1.807, 2.05) is 12.3 Å². The topological polar surface area (TPSA) is 24.9 Å². The number of nitrogens with one attached hydrogen (secondary N) is 1. The first-order valence-electron chi connectivity index (χ1n) is 5.03. The molecule has 0 spiro atoms. The Kier molecular flexibility index (Phi) is 2.60. The highest BCUT2D eigenvalue weighted by atomic mass is 14.9. The van der Waals surface area contributed by atoms with E-state index in [1.165, 1.54) is 24.1 Å². The molecule has 0 unspecified atom stereocenters. The van der Waals surface area contributed by atoms with Crippen molar-refractivity contribution in [2.45, 2.75) is 26.3 Å². The monoisotopic (exact) mass is 176 g/mol. The molecule has 0 saturated carbocycles. The highest BCUT2D eigenvalue weighted by Crippen LogP contribution is 2.17. The Morgan fingerprint density at radius 3 is 3.38 bits per heavy atom. The fraction of sp³-hybridized carbons (Fsp3) is 0.545. The summed E-state index contributed by atoms with van der Waals surface area (Å²) in [7, 11) is 0. The van der Waals surface area contributed by atoms with E-state index in [0.29, 0.717) is 0 Å². The minimum atomic E-state index is 0.783. The largest absolute Gasteiger partial charge is 0.311 e. The van der Waals surface area contributed by atoms with Crippen molar-refractivity contribution in [3.05, 3.63) is 29.6 Å². The molecule has 0 amide bonds. The summed E-state index contributed by atoms with van der Waals surface area (Å²) in [5.74, 6) is 0.783. The van der Waals surface area contributed by atoms with Crippen LogP contribution in [0.4, 0.5) is 0 Å². The first-order valence-corrected chi connectivity index (χ1v) is 5.03. The van der Waals surface area contributed by atoms with Crippen LogP contribution in [0.2, 0.25) is 0 Å². The summed E-state index contributed by atoms with van der Waals surface area (Å²) >= 11 is 0. The van der Waals surface area contributed by atoms with Gasteiger partial charge in [0.2, 0.25) is 0 Å². The zero-order valence-corrected chi connectivity index (χ0v) is 8.09. The average Bonchev–Trinajstić information content (AvgIpc) is 2.38. The molecule has 2 heterocycles. The lowest BCUT2D eigenvalue weighted by molar-refractivity contribution is 0.477. The van der Waals surface area contributed by atoms with Crippen molar-refractivity contribution in [3.8, 4) is 0 Å². The maximum absolute atomic E-state index is 4.39. The number of hydrogen-bond donors (Lipinski definition) is 1. The van der Waals surface area contributed by atoms with E-state index in [1.54, 1.807) is 0 Å². The van der Waals surface area contributed by atoms with Gasteiger partial charge in [0.05, 0.1) is 5.69 Å². The standard InChI is InChI=1S/C11H16N2/c1-2-9-6-10-4-3-5-13-11(10)8-12-7-9/h3-5,9,12H,2,6-8H2,1H3/t9-/m0/s1. The van der Waals surface area contributed by atoms with Crippen molar-refractivity contribution < 1.29 is 0 Å². The molecule has 1 aromatic rings. The van der Waals surface area contributed by atoms with Gasteiger partial charge >= 0.3 is 0 Å². The molecule has 1 atom stereocenters. The Morgan fingerprint density at radius 1 is 1.62 bits per heavy atom. The smallest absolute Gasteiger partial charge is 0.0573 e. The van der Waals surface area contributed by atoms with Gasteiger partial charge in [0.25, 0.3) is 0 Å². The van der Waals surface area contributed by atoms with Gasteiger partial charge in [0, 0.05) is 12.7 Å². The fourth-order valence-corrected chi connectivity index (χ4v) is 1.88. The first kappa shape index (κ1) is 8.70. The molecule has 1 aromatic heterocycles. The van der Waals surface area contributed by atoms with Gasteiger partial charge in [-0.15, -0.1) is 0 Å². The molecule has 0 bridgehead atoms. The van der Waals surface area contributed by atoms with E-state index in [-0.39, 0.29) is 0 Å². The molecule has 0 saturated heterocycles. The summed E-state index contributed by atoms with van der Waals surface area (Å²) in [6, 6.07) is 4.24. The van der Waals surface area contributed by atoms with Crippen LogP contribution in [0.15, 0.2) is 18.3 Å². The zero-order chi connectivity index (χ0) is 9.10. The molecule has 0 fully saturated rings. The van der Waals surface area contributed by atoms with Crippen molar-refractivity contribution >= 4 is 0 Å². The van der Waals surface area contributed by atoms with Gasteiger partial charge in [-0.2, -0.15) is 0 Å². The molecule has 0 aromatic carbocycles. The molecule has 1 aliphatic rings. The maximum Gasteiger partial charge on any atom is 0.0573 e. The molecule has 1 N–H and O–H groups in total. The lowest BCUT2D eigenvalue weighted by Gasteiger charge is -2.10. The van der Waals surface area contributed by atoms with Crippen molar-refractivity contribution in [1.82, 2.24) is 10.3 Å². The SMILES string of the molecule is CC[C@@H]1CNCc2ncccc2C1. The second-order valence-electron chi connectivity index (χ2n) is 3.72. The summed E-state index contributed by atoms with van der Waals surface area (Å²) in [6.07, 6.45) is 4.32. The van der Waals surface area contributed by atoms with E-state index in [2.05, 4.69) is 23.3 Å². The number of pyridine rings is 1. The van der Waals surface area contributed by atoms with Gasteiger partial charge in [0.1, 0.15) is 0 Å². The number of hydrogen-bond acceptors (Lipinski definition) is 2. The molecule has 70 valence electrons. The van der Waals surface area contributed by atoms with E-state index >= 15 is 0 Å². The first-order chi connectivity index (χ1) is 6.40. The van der Waals surface area contributed by atoms with Gasteiger partial charge in [-0.25, -0.2) is 0 Å². The van der Waals surface area contributed by atoms with Crippen molar-refractivity contribution in [2.75, 3.05) is 6.54 Å². The van der Waals surface area contributed by atoms with Gasteiger partial charge in [0.15, 0.2) is 0 Å². The highest BCUT2D eigenvalue weighted by Gasteiger charge is 2.14. The van der Waals surface area contributed by atoms with Crippen molar-refractivity contribution in [1.29, 1.82) is 0 Å². The minimum absolute atomic E-state index is 0.783. The quantitative estimate of drug-likeness (QED) is 0.705. The van der Waals surface area contributed by atoms with Gasteiger partial charge in [-0.3, -0.25) is 4.98 Å². The Bertz CT molecular complexity index is 283. The van der Waals surface area contributed by atoms with Crippen molar-refractivity contribution in [2.24, 2.45) is 5.92 Å². The zero-order valence-electron chi connectivity index (χ0n) is 8.09. The second-order valence-corrected chi connectivity index (χ2v) is 3.72. The predicted molar refractivity (Wildman–Crippen MR) is 53.4 cm³/mol. The minimum Gasteiger partial charge on any atom is -0.311 e. The third kappa shape index (κ3) is 1.89. The number of fused-ring (bicyclic) bond motifs is 1. The third-order valence-electron chi connectivity index (χ3n) is 2.80. The van der Waals surface area contributed by atoms with Crippen LogP contribution in [0.25, 0.3) is 0 Å². The van der Waals surface area contributed by atoms with Crippen LogP contribution in [-0.2, 0) is 13.0 Å². The van der Waals surface area contributed by atoms with E-state index in [0.717, 1.165) is 19.0 Å². The molecular weight excluding hydrogens is 160 g/mol. The summed E-state index contributed by atoms with van der Waals surface area (Å²) in [5, 5.41) is 3.44. The Balaban J connectivity index is 2.23. The molecule has 2 rings (SSSR count). The molecule has 0 aliphatic carbocycles. The van der Waals surface area contributed by atoms with Crippen LogP contribution in [0, 0.1) is 5.92 Å². The van der Waals surface area contributed by atoms with Gasteiger partial charge < -0.3 is 5.32 Å². The highest BCUT2D eigenvalue weighted by molar-refractivity contribution is 5.21. The van der Waals surface area contributed by atoms with Crippen LogP contribution < -0.4 is 5.32 Å². The third-order valence-corrected chi connectivity index (χ3v) is 2.80. The molecule has 2 heteroatoms. The van der Waals surface area contributed by atoms with E-state index < -0.39 is 0 Å². The second kappa shape index (κ2) is 3.88. The molecular formula is C11H16N2. The number of aromatic nitrogens is 1. The fourth-order valence-electron chi connectivity index (χ4n) is 1.88. The van der Waals surface area contributed by atoms with Crippen molar-refractivity contribution in [3.63, 3.8) is 0 Å². The van der Waals surface area contributed by atoms with Crippen LogP contribution in [-0.4, -0.2) is 11.5 Å². The molecule has 0 radical (unpaired) electrons. The van der Waals surface area contributed by atoms with Gasteiger partial charge in [-0.1, -0.05) is 19.4 Å². The van der Waals surface area contributed by atoms with Crippen LogP contribution >= 0.6 is 0 Å².